The van der Waals surface area contributed by atoms with E-state index in [0.717, 1.165) is 12.8 Å². The van der Waals surface area contributed by atoms with Gasteiger partial charge in [0.15, 0.2) is 5.78 Å². The average Bonchev–Trinajstić information content (AvgIpc) is 2.59. The molecule has 1 aliphatic rings. The highest BCUT2D eigenvalue weighted by Crippen LogP contribution is 2.33. The third-order valence-electron chi connectivity index (χ3n) is 2.88. The summed E-state index contributed by atoms with van der Waals surface area (Å²) in [5, 5.41) is 0. The van der Waals surface area contributed by atoms with Gasteiger partial charge in [-0.15, -0.1) is 0 Å². The summed E-state index contributed by atoms with van der Waals surface area (Å²) >= 11 is 3.52. The second-order valence-corrected chi connectivity index (χ2v) is 5.07. The first-order chi connectivity index (χ1) is 7.20. The molecule has 2 rings (SSSR count). The normalized spacial score (nSPS) is 30.4. The van der Waals surface area contributed by atoms with Crippen LogP contribution in [0.4, 0.5) is 0 Å². The molecule has 0 bridgehead atoms. The summed E-state index contributed by atoms with van der Waals surface area (Å²) in [4.78, 5) is 16.3. The van der Waals surface area contributed by atoms with Crippen molar-refractivity contribution in [1.29, 1.82) is 0 Å². The van der Waals surface area contributed by atoms with Crippen molar-refractivity contribution >= 4 is 21.7 Å². The topological polar surface area (TPSA) is 56.0 Å². The van der Waals surface area contributed by atoms with E-state index >= 15 is 0 Å². The molecular weight excluding hydrogens is 256 g/mol. The Labute approximate surface area is 97.2 Å². The molecule has 1 aromatic heterocycles. The molecular formula is C11H13BrN2O. The van der Waals surface area contributed by atoms with Gasteiger partial charge < -0.3 is 5.73 Å². The highest BCUT2D eigenvalue weighted by Gasteiger charge is 2.37. The van der Waals surface area contributed by atoms with Crippen LogP contribution in [-0.4, -0.2) is 21.6 Å². The van der Waals surface area contributed by atoms with Gasteiger partial charge in [0.25, 0.3) is 0 Å². The van der Waals surface area contributed by atoms with Crippen molar-refractivity contribution in [2.45, 2.75) is 23.7 Å². The van der Waals surface area contributed by atoms with Gasteiger partial charge in [0, 0.05) is 28.8 Å². The van der Waals surface area contributed by atoms with Crippen LogP contribution in [0, 0.1) is 5.92 Å². The minimum absolute atomic E-state index is 0.0259. The minimum Gasteiger partial charge on any atom is -0.327 e. The van der Waals surface area contributed by atoms with Crippen molar-refractivity contribution in [2.24, 2.45) is 11.7 Å². The summed E-state index contributed by atoms with van der Waals surface area (Å²) in [6.45, 7) is 0. The summed E-state index contributed by atoms with van der Waals surface area (Å²) < 4.78 is 0. The van der Waals surface area contributed by atoms with Crippen molar-refractivity contribution in [2.75, 3.05) is 0 Å². The van der Waals surface area contributed by atoms with Crippen LogP contribution in [0.15, 0.2) is 24.5 Å². The molecule has 3 atom stereocenters. The van der Waals surface area contributed by atoms with Gasteiger partial charge in [0.2, 0.25) is 0 Å². The summed E-state index contributed by atoms with van der Waals surface area (Å²) in [5.74, 6) is 0.00387. The van der Waals surface area contributed by atoms with E-state index in [9.17, 15) is 4.79 Å². The lowest BCUT2D eigenvalue weighted by molar-refractivity contribution is 0.0917. The fourth-order valence-corrected chi connectivity index (χ4v) is 2.94. The van der Waals surface area contributed by atoms with Crippen LogP contribution in [-0.2, 0) is 0 Å². The van der Waals surface area contributed by atoms with E-state index in [0.29, 0.717) is 5.56 Å². The van der Waals surface area contributed by atoms with E-state index in [1.165, 1.54) is 0 Å². The number of nitrogens with zero attached hydrogens (tertiary/aromatic N) is 1. The Balaban J connectivity index is 2.21. The van der Waals surface area contributed by atoms with E-state index in [1.54, 1.807) is 24.5 Å². The third-order valence-corrected chi connectivity index (χ3v) is 3.90. The number of alkyl halides is 1. The number of aromatic nitrogens is 1. The second-order valence-electron chi connectivity index (χ2n) is 3.89. The van der Waals surface area contributed by atoms with Crippen molar-refractivity contribution in [3.05, 3.63) is 30.1 Å². The smallest absolute Gasteiger partial charge is 0.170 e. The van der Waals surface area contributed by atoms with Gasteiger partial charge in [-0.25, -0.2) is 0 Å². The van der Waals surface area contributed by atoms with Gasteiger partial charge in [-0.3, -0.25) is 9.78 Å². The van der Waals surface area contributed by atoms with Crippen molar-refractivity contribution in [3.63, 3.8) is 0 Å². The van der Waals surface area contributed by atoms with Crippen molar-refractivity contribution < 1.29 is 4.79 Å². The highest BCUT2D eigenvalue weighted by molar-refractivity contribution is 9.09. The Morgan fingerprint density at radius 3 is 2.87 bits per heavy atom. The van der Waals surface area contributed by atoms with Crippen molar-refractivity contribution in [3.8, 4) is 0 Å². The molecule has 1 aliphatic carbocycles. The predicted octanol–water partition coefficient (Wildman–Crippen LogP) is 1.77. The molecule has 0 amide bonds. The van der Waals surface area contributed by atoms with E-state index in [4.69, 9.17) is 5.73 Å². The molecule has 80 valence electrons. The quantitative estimate of drug-likeness (QED) is 0.657. The summed E-state index contributed by atoms with van der Waals surface area (Å²) in [7, 11) is 0. The van der Waals surface area contributed by atoms with Gasteiger partial charge in [-0.2, -0.15) is 0 Å². The fourth-order valence-electron chi connectivity index (χ4n) is 2.04. The second kappa shape index (κ2) is 4.41. The summed E-state index contributed by atoms with van der Waals surface area (Å²) in [6.07, 6.45) is 5.15. The molecule has 1 saturated carbocycles. The van der Waals surface area contributed by atoms with Gasteiger partial charge in [-0.05, 0) is 25.0 Å². The van der Waals surface area contributed by atoms with Crippen LogP contribution in [0.1, 0.15) is 23.2 Å². The predicted molar refractivity (Wildman–Crippen MR) is 62.0 cm³/mol. The maximum atomic E-state index is 12.1. The number of nitrogens with two attached hydrogens (primary N) is 1. The van der Waals surface area contributed by atoms with Gasteiger partial charge in [0.05, 0.1) is 5.92 Å². The zero-order valence-corrected chi connectivity index (χ0v) is 9.85. The lowest BCUT2D eigenvalue weighted by Gasteiger charge is -2.16. The number of Topliss-reactive ketones (excluding diaryl/α,β-unsaturated/α-hetero) is 1. The standard InChI is InChI=1S/C11H13BrN2O/c12-8-3-4-9(13)10(8)11(15)7-2-1-5-14-6-7/h1-2,5-6,8-10H,3-4,13H2. The van der Waals surface area contributed by atoms with E-state index < -0.39 is 0 Å². The largest absolute Gasteiger partial charge is 0.327 e. The van der Waals surface area contributed by atoms with Crippen LogP contribution >= 0.6 is 15.9 Å². The molecule has 3 nitrogen and oxygen atoms in total. The Hall–Kier alpha value is -0.740. The molecule has 1 fully saturated rings. The fraction of sp³-hybridized carbons (Fsp3) is 0.455. The Morgan fingerprint density at radius 2 is 2.33 bits per heavy atom. The van der Waals surface area contributed by atoms with Gasteiger partial charge in [0.1, 0.15) is 0 Å². The first-order valence-corrected chi connectivity index (χ1v) is 5.95. The number of pyridine rings is 1. The molecule has 0 spiro atoms. The average molecular weight is 269 g/mol. The number of hydrogen-bond donors (Lipinski definition) is 1. The lowest BCUT2D eigenvalue weighted by atomic mass is 9.94. The first kappa shape index (κ1) is 10.8. The van der Waals surface area contributed by atoms with Crippen LogP contribution in [0.5, 0.6) is 0 Å². The number of hydrogen-bond acceptors (Lipinski definition) is 3. The van der Waals surface area contributed by atoms with E-state index in [1.807, 2.05) is 0 Å². The number of rotatable bonds is 2. The number of ketones is 1. The molecule has 2 N–H and O–H groups in total. The van der Waals surface area contributed by atoms with Crippen LogP contribution in [0.2, 0.25) is 0 Å². The molecule has 0 saturated heterocycles. The summed E-state index contributed by atoms with van der Waals surface area (Å²) in [6, 6.07) is 3.54. The molecule has 1 heterocycles. The molecule has 1 aromatic rings. The van der Waals surface area contributed by atoms with Crippen LogP contribution < -0.4 is 5.73 Å². The molecule has 0 radical (unpaired) electrons. The van der Waals surface area contributed by atoms with Crippen molar-refractivity contribution in [1.82, 2.24) is 4.98 Å². The first-order valence-electron chi connectivity index (χ1n) is 5.04. The molecule has 4 heteroatoms. The Kier molecular flexibility index (Phi) is 3.17. The zero-order chi connectivity index (χ0) is 10.8. The summed E-state index contributed by atoms with van der Waals surface area (Å²) in [5.41, 5.74) is 6.59. The van der Waals surface area contributed by atoms with Gasteiger partial charge >= 0.3 is 0 Å². The maximum Gasteiger partial charge on any atom is 0.170 e. The zero-order valence-electron chi connectivity index (χ0n) is 8.27. The highest BCUT2D eigenvalue weighted by atomic mass is 79.9. The van der Waals surface area contributed by atoms with Crippen LogP contribution in [0.25, 0.3) is 0 Å². The Bertz CT molecular complexity index is 345. The minimum atomic E-state index is -0.103. The number of carbonyl (C=O) groups is 1. The monoisotopic (exact) mass is 268 g/mol. The molecule has 15 heavy (non-hydrogen) atoms. The van der Waals surface area contributed by atoms with E-state index in [2.05, 4.69) is 20.9 Å². The van der Waals surface area contributed by atoms with Crippen LogP contribution in [0.3, 0.4) is 0 Å². The maximum absolute atomic E-state index is 12.1. The van der Waals surface area contributed by atoms with Gasteiger partial charge in [-0.1, -0.05) is 15.9 Å². The lowest BCUT2D eigenvalue weighted by Crippen LogP contribution is -2.34. The number of halogens is 1. The molecule has 3 unspecified atom stereocenters. The number of carbonyl (C=O) groups excluding carboxylic acids is 1. The molecule has 0 aliphatic heterocycles. The molecule has 0 aromatic carbocycles. The SMILES string of the molecule is NC1CCC(Br)C1C(=O)c1cccnc1. The van der Waals surface area contributed by atoms with E-state index in [-0.39, 0.29) is 22.6 Å². The Morgan fingerprint density at radius 1 is 1.53 bits per heavy atom. The third kappa shape index (κ3) is 2.11.